The number of aromatic nitrogens is 2. The van der Waals surface area contributed by atoms with Crippen molar-refractivity contribution in [1.82, 2.24) is 9.55 Å². The molecule has 0 radical (unpaired) electrons. The molecule has 2 N–H and O–H groups in total. The van der Waals surface area contributed by atoms with Crippen molar-refractivity contribution in [3.63, 3.8) is 0 Å². The average molecular weight is 538 g/mol. The second-order valence-corrected chi connectivity index (χ2v) is 10.1. The van der Waals surface area contributed by atoms with Crippen LogP contribution in [0, 0.1) is 0 Å². The number of fused-ring (bicyclic) bond motifs is 4. The van der Waals surface area contributed by atoms with Gasteiger partial charge in [-0.3, -0.25) is 14.4 Å². The highest BCUT2D eigenvalue weighted by Crippen LogP contribution is 2.38. The highest BCUT2D eigenvalue weighted by atomic mass is 16.7. The van der Waals surface area contributed by atoms with Crippen LogP contribution in [0.25, 0.3) is 22.3 Å². The fourth-order valence-electron chi connectivity index (χ4n) is 4.72. The van der Waals surface area contributed by atoms with Crippen molar-refractivity contribution in [2.75, 3.05) is 6.54 Å². The number of nitrogens with two attached hydrogens (primary N) is 1. The number of carbonyl (C=O) groups excluding carboxylic acids is 3. The molecule has 0 fully saturated rings. The van der Waals surface area contributed by atoms with Crippen molar-refractivity contribution in [2.45, 2.75) is 65.9 Å². The number of aryl methyl sites for hydroxylation is 1. The molecule has 11 heteroatoms. The van der Waals surface area contributed by atoms with Crippen LogP contribution < -0.4 is 16.0 Å². The summed E-state index contributed by atoms with van der Waals surface area (Å²) in [5.74, 6) is -0.320. The molecule has 0 bridgehead atoms. The van der Waals surface area contributed by atoms with Crippen molar-refractivity contribution >= 4 is 29.5 Å². The topological polar surface area (TPSA) is 149 Å². The van der Waals surface area contributed by atoms with Crippen molar-refractivity contribution < 1.29 is 33.3 Å². The van der Waals surface area contributed by atoms with E-state index in [9.17, 15) is 19.2 Å². The van der Waals surface area contributed by atoms with Gasteiger partial charge in [0.1, 0.15) is 24.1 Å². The smallest absolute Gasteiger partial charge is 0.463 e. The van der Waals surface area contributed by atoms with E-state index in [4.69, 9.17) is 29.7 Å². The molecule has 1 aromatic carbocycles. The summed E-state index contributed by atoms with van der Waals surface area (Å²) >= 11 is 0. The zero-order valence-electron chi connectivity index (χ0n) is 22.5. The van der Waals surface area contributed by atoms with Gasteiger partial charge in [-0.15, -0.1) is 0 Å². The summed E-state index contributed by atoms with van der Waals surface area (Å²) in [5.41, 5.74) is 8.56. The predicted octanol–water partition coefficient (Wildman–Crippen LogP) is 3.54. The zero-order chi connectivity index (χ0) is 28.5. The molecule has 0 amide bonds. The lowest BCUT2D eigenvalue weighted by Crippen LogP contribution is -2.27. The second kappa shape index (κ2) is 10.9. The maximum absolute atomic E-state index is 13.6. The largest absolute Gasteiger partial charge is 0.514 e. The van der Waals surface area contributed by atoms with Gasteiger partial charge in [-0.2, -0.15) is 0 Å². The number of rotatable bonds is 8. The lowest BCUT2D eigenvalue weighted by Gasteiger charge is -2.19. The third-order valence-electron chi connectivity index (χ3n) is 6.32. The Balaban J connectivity index is 1.82. The monoisotopic (exact) mass is 537 g/mol. The number of ether oxygens (including phenoxy) is 4. The second-order valence-electron chi connectivity index (χ2n) is 10.1. The first-order valence-electron chi connectivity index (χ1n) is 12.6. The summed E-state index contributed by atoms with van der Waals surface area (Å²) in [6.07, 6.45) is -0.999. The van der Waals surface area contributed by atoms with E-state index in [-0.39, 0.29) is 37.3 Å². The number of hydrogen-bond donors (Lipinski definition) is 1. The van der Waals surface area contributed by atoms with Gasteiger partial charge in [0.05, 0.1) is 35.6 Å². The van der Waals surface area contributed by atoms with Gasteiger partial charge in [0.2, 0.25) is 0 Å². The lowest BCUT2D eigenvalue weighted by atomic mass is 9.98. The first kappa shape index (κ1) is 27.8. The Morgan fingerprint density at radius 2 is 1.95 bits per heavy atom. The molecule has 11 nitrogen and oxygen atoms in total. The third-order valence-corrected chi connectivity index (χ3v) is 6.32. The molecule has 1 aliphatic rings. The predicted molar refractivity (Wildman–Crippen MR) is 141 cm³/mol. The molecular formula is C28H31N3O8. The van der Waals surface area contributed by atoms with Crippen LogP contribution >= 0.6 is 0 Å². The highest BCUT2D eigenvalue weighted by Gasteiger charge is 2.30. The van der Waals surface area contributed by atoms with E-state index < -0.39 is 23.8 Å². The van der Waals surface area contributed by atoms with Crippen LogP contribution in [-0.2, 0) is 43.4 Å². The van der Waals surface area contributed by atoms with Gasteiger partial charge in [-0.1, -0.05) is 6.92 Å². The molecule has 2 aromatic heterocycles. The van der Waals surface area contributed by atoms with E-state index in [1.54, 1.807) is 56.5 Å². The first-order chi connectivity index (χ1) is 18.5. The Bertz CT molecular complexity index is 1520. The third kappa shape index (κ3) is 5.63. The Morgan fingerprint density at radius 1 is 1.21 bits per heavy atom. The minimum atomic E-state index is -0.812. The molecule has 0 saturated carbocycles. The van der Waals surface area contributed by atoms with Crippen LogP contribution in [0.1, 0.15) is 63.0 Å². The van der Waals surface area contributed by atoms with E-state index in [0.717, 1.165) is 16.5 Å². The highest BCUT2D eigenvalue weighted by molar-refractivity contribution is 5.89. The van der Waals surface area contributed by atoms with Crippen molar-refractivity contribution in [3.8, 4) is 17.1 Å². The van der Waals surface area contributed by atoms with Gasteiger partial charge in [0.15, 0.2) is 0 Å². The zero-order valence-corrected chi connectivity index (χ0v) is 22.5. The molecule has 39 heavy (non-hydrogen) atoms. The number of pyridine rings is 2. The molecule has 4 rings (SSSR count). The Labute approximate surface area is 224 Å². The maximum atomic E-state index is 13.6. The fourth-order valence-corrected chi connectivity index (χ4v) is 4.72. The van der Waals surface area contributed by atoms with Crippen molar-refractivity contribution in [1.29, 1.82) is 0 Å². The Kier molecular flexibility index (Phi) is 7.73. The molecule has 0 aliphatic carbocycles. The fraction of sp³-hybridized carbons (Fsp3) is 0.393. The average Bonchev–Trinajstić information content (AvgIpc) is 3.23. The van der Waals surface area contributed by atoms with Crippen LogP contribution in [0.2, 0.25) is 0 Å². The van der Waals surface area contributed by atoms with E-state index in [2.05, 4.69) is 0 Å². The number of benzene rings is 1. The summed E-state index contributed by atoms with van der Waals surface area (Å²) in [4.78, 5) is 53.4. The number of hydrogen-bond acceptors (Lipinski definition) is 10. The lowest BCUT2D eigenvalue weighted by molar-refractivity contribution is -0.147. The van der Waals surface area contributed by atoms with Gasteiger partial charge in [0.25, 0.3) is 12.0 Å². The van der Waals surface area contributed by atoms with Crippen molar-refractivity contribution in [2.24, 2.45) is 5.73 Å². The number of esters is 1. The van der Waals surface area contributed by atoms with Crippen molar-refractivity contribution in [3.05, 3.63) is 56.9 Å². The minimum absolute atomic E-state index is 0.201. The molecule has 1 unspecified atom stereocenters. The first-order valence-corrected chi connectivity index (χ1v) is 12.6. The molecule has 3 heterocycles. The summed E-state index contributed by atoms with van der Waals surface area (Å²) in [7, 11) is 0. The number of carbonyl (C=O) groups is 3. The van der Waals surface area contributed by atoms with E-state index >= 15 is 0 Å². The molecule has 3 aromatic rings. The molecular weight excluding hydrogens is 506 g/mol. The van der Waals surface area contributed by atoms with Gasteiger partial charge in [-0.05, 0) is 63.9 Å². The normalized spacial score (nSPS) is 12.9. The number of nitrogens with zero attached hydrogens (tertiary/aromatic N) is 2. The van der Waals surface area contributed by atoms with Crippen LogP contribution in [0.4, 0.5) is 4.79 Å². The minimum Gasteiger partial charge on any atom is -0.463 e. The summed E-state index contributed by atoms with van der Waals surface area (Å²) in [5, 5.41) is 0.785. The van der Waals surface area contributed by atoms with Crippen LogP contribution in [0.15, 0.2) is 29.1 Å². The molecule has 0 saturated heterocycles. The molecule has 1 aliphatic heterocycles. The van der Waals surface area contributed by atoms with E-state index in [0.29, 0.717) is 34.6 Å². The maximum Gasteiger partial charge on any atom is 0.514 e. The standard InChI is InChI=1S/C28H31N3O8/c1-6-17-19-9-16(38-27(35)39-28(3,4)5)7-8-22(19)30-25-20(17)12-31-23(25)10-18(15(2)37-24(33)11-29)21(26(31)34)13-36-14-32/h7-10,14-15H,6,11-13,29H2,1-5H3. The Hall–Kier alpha value is -4.25. The SMILES string of the molecule is CCc1c2c(nc3ccc(OC(=O)OC(C)(C)C)cc13)-c1cc(C(C)OC(=O)CN)c(COC=O)c(=O)n1C2. The van der Waals surface area contributed by atoms with Crippen LogP contribution in [0.5, 0.6) is 5.75 Å². The molecule has 0 spiro atoms. The van der Waals surface area contributed by atoms with Crippen LogP contribution in [0.3, 0.4) is 0 Å². The Morgan fingerprint density at radius 3 is 2.59 bits per heavy atom. The van der Waals surface area contributed by atoms with Gasteiger partial charge in [0, 0.05) is 16.5 Å². The summed E-state index contributed by atoms with van der Waals surface area (Å²) in [6.45, 7) is 8.78. The van der Waals surface area contributed by atoms with E-state index in [1.807, 2.05) is 6.92 Å². The summed E-state index contributed by atoms with van der Waals surface area (Å²) in [6, 6.07) is 6.85. The molecule has 206 valence electrons. The van der Waals surface area contributed by atoms with Gasteiger partial charge >= 0.3 is 12.1 Å². The van der Waals surface area contributed by atoms with Crippen LogP contribution in [-0.4, -0.2) is 40.3 Å². The van der Waals surface area contributed by atoms with E-state index in [1.165, 1.54) is 0 Å². The van der Waals surface area contributed by atoms with Gasteiger partial charge < -0.3 is 29.2 Å². The quantitative estimate of drug-likeness (QED) is 0.153. The van der Waals surface area contributed by atoms with Gasteiger partial charge in [-0.25, -0.2) is 9.78 Å². The molecule has 1 atom stereocenters. The summed E-state index contributed by atoms with van der Waals surface area (Å²) < 4.78 is 22.5.